The van der Waals surface area contributed by atoms with Crippen molar-refractivity contribution in [2.45, 2.75) is 38.5 Å². The fourth-order valence-corrected chi connectivity index (χ4v) is 5.04. The third-order valence-corrected chi connectivity index (χ3v) is 5.40. The lowest BCUT2D eigenvalue weighted by molar-refractivity contribution is -0.0264. The number of nitrogens with two attached hydrogens (primary N) is 1. The van der Waals surface area contributed by atoms with Gasteiger partial charge in [0.05, 0.1) is 0 Å². The first kappa shape index (κ1) is 10.2. The second kappa shape index (κ2) is 3.49. The highest BCUT2D eigenvalue weighted by atomic mass is 35.5. The SMILES string of the molecule is NCC=C(Cl)C12CC3CC(CC(C3)C1)C2. The molecule has 4 rings (SSSR count). The van der Waals surface area contributed by atoms with Crippen LogP contribution < -0.4 is 5.73 Å². The number of halogens is 1. The van der Waals surface area contributed by atoms with Crippen molar-refractivity contribution in [1.82, 2.24) is 0 Å². The molecule has 0 radical (unpaired) electrons. The Morgan fingerprint density at radius 3 is 2.00 bits per heavy atom. The van der Waals surface area contributed by atoms with Crippen molar-refractivity contribution < 1.29 is 0 Å². The van der Waals surface area contributed by atoms with Crippen molar-refractivity contribution in [1.29, 1.82) is 0 Å². The third-order valence-electron chi connectivity index (χ3n) is 4.84. The van der Waals surface area contributed by atoms with Gasteiger partial charge in [-0.05, 0) is 56.3 Å². The molecule has 0 heterocycles. The lowest BCUT2D eigenvalue weighted by Crippen LogP contribution is -2.46. The van der Waals surface area contributed by atoms with Crippen LogP contribution in [0.2, 0.25) is 0 Å². The molecule has 4 aliphatic carbocycles. The summed E-state index contributed by atoms with van der Waals surface area (Å²) in [7, 11) is 0. The van der Waals surface area contributed by atoms with Gasteiger partial charge in [0, 0.05) is 17.0 Å². The largest absolute Gasteiger partial charge is 0.327 e. The molecule has 0 unspecified atom stereocenters. The van der Waals surface area contributed by atoms with Crippen molar-refractivity contribution >= 4 is 11.6 Å². The highest BCUT2D eigenvalue weighted by Crippen LogP contribution is 2.63. The quantitative estimate of drug-likeness (QED) is 0.767. The van der Waals surface area contributed by atoms with Gasteiger partial charge in [0.15, 0.2) is 0 Å². The molecule has 0 aromatic heterocycles. The molecule has 4 bridgehead atoms. The number of rotatable bonds is 2. The molecule has 4 saturated carbocycles. The number of hydrogen-bond donors (Lipinski definition) is 1. The van der Waals surface area contributed by atoms with Gasteiger partial charge >= 0.3 is 0 Å². The number of allylic oxidation sites excluding steroid dienone is 1. The topological polar surface area (TPSA) is 26.0 Å². The smallest absolute Gasteiger partial charge is 0.0215 e. The van der Waals surface area contributed by atoms with Gasteiger partial charge in [-0.25, -0.2) is 0 Å². The van der Waals surface area contributed by atoms with Crippen LogP contribution in [0.4, 0.5) is 0 Å². The summed E-state index contributed by atoms with van der Waals surface area (Å²) in [6.45, 7) is 0.598. The zero-order valence-corrected chi connectivity index (χ0v) is 9.97. The van der Waals surface area contributed by atoms with Crippen LogP contribution in [0.15, 0.2) is 11.1 Å². The minimum absolute atomic E-state index is 0.357. The fraction of sp³-hybridized carbons (Fsp3) is 0.846. The van der Waals surface area contributed by atoms with Crippen molar-refractivity contribution in [3.05, 3.63) is 11.1 Å². The molecule has 2 N–H and O–H groups in total. The molecule has 2 heteroatoms. The summed E-state index contributed by atoms with van der Waals surface area (Å²) >= 11 is 6.48. The van der Waals surface area contributed by atoms with E-state index in [0.29, 0.717) is 12.0 Å². The van der Waals surface area contributed by atoms with Gasteiger partial charge in [-0.3, -0.25) is 0 Å². The molecule has 4 aliphatic rings. The van der Waals surface area contributed by atoms with Crippen LogP contribution >= 0.6 is 11.6 Å². The average molecular weight is 226 g/mol. The van der Waals surface area contributed by atoms with Crippen LogP contribution in [0.25, 0.3) is 0 Å². The normalized spacial score (nSPS) is 48.7. The molecule has 0 aromatic rings. The summed E-state index contributed by atoms with van der Waals surface area (Å²) in [5, 5.41) is 1.09. The lowest BCUT2D eigenvalue weighted by atomic mass is 9.49. The first-order chi connectivity index (χ1) is 7.22. The molecule has 0 aromatic carbocycles. The Kier molecular flexibility index (Phi) is 2.37. The van der Waals surface area contributed by atoms with Crippen LogP contribution in [-0.4, -0.2) is 6.54 Å². The van der Waals surface area contributed by atoms with Gasteiger partial charge in [-0.1, -0.05) is 17.7 Å². The van der Waals surface area contributed by atoms with Crippen LogP contribution in [0.5, 0.6) is 0 Å². The molecule has 0 amide bonds. The molecule has 15 heavy (non-hydrogen) atoms. The van der Waals surface area contributed by atoms with Crippen molar-refractivity contribution in [2.24, 2.45) is 28.9 Å². The second-order valence-corrected chi connectivity index (χ2v) is 6.39. The van der Waals surface area contributed by atoms with Crippen LogP contribution in [0.1, 0.15) is 38.5 Å². The summed E-state index contributed by atoms with van der Waals surface area (Å²) in [5.41, 5.74) is 5.94. The van der Waals surface area contributed by atoms with Crippen LogP contribution in [0.3, 0.4) is 0 Å². The molecule has 84 valence electrons. The van der Waals surface area contributed by atoms with Gasteiger partial charge in [-0.15, -0.1) is 0 Å². The van der Waals surface area contributed by atoms with Crippen molar-refractivity contribution in [3.8, 4) is 0 Å². The van der Waals surface area contributed by atoms with Crippen molar-refractivity contribution in [3.63, 3.8) is 0 Å². The fourth-order valence-electron chi connectivity index (χ4n) is 4.72. The molecule has 0 aliphatic heterocycles. The molecule has 0 spiro atoms. The minimum atomic E-state index is 0.357. The van der Waals surface area contributed by atoms with E-state index >= 15 is 0 Å². The van der Waals surface area contributed by atoms with Crippen LogP contribution in [0, 0.1) is 23.2 Å². The van der Waals surface area contributed by atoms with Gasteiger partial charge in [0.25, 0.3) is 0 Å². The van der Waals surface area contributed by atoms with E-state index < -0.39 is 0 Å². The molecule has 0 saturated heterocycles. The zero-order valence-electron chi connectivity index (χ0n) is 9.21. The van der Waals surface area contributed by atoms with E-state index in [-0.39, 0.29) is 0 Å². The Balaban J connectivity index is 1.89. The summed E-state index contributed by atoms with van der Waals surface area (Å²) < 4.78 is 0. The second-order valence-electron chi connectivity index (χ2n) is 5.99. The van der Waals surface area contributed by atoms with E-state index in [1.54, 1.807) is 0 Å². The maximum absolute atomic E-state index is 6.48. The predicted octanol–water partition coefficient (Wildman–Crippen LogP) is 3.28. The van der Waals surface area contributed by atoms with E-state index in [4.69, 9.17) is 17.3 Å². The van der Waals surface area contributed by atoms with E-state index in [0.717, 1.165) is 22.8 Å². The third kappa shape index (κ3) is 1.55. The van der Waals surface area contributed by atoms with Gasteiger partial charge in [0.2, 0.25) is 0 Å². The van der Waals surface area contributed by atoms with Gasteiger partial charge in [0.1, 0.15) is 0 Å². The van der Waals surface area contributed by atoms with Crippen molar-refractivity contribution in [2.75, 3.05) is 6.54 Å². The van der Waals surface area contributed by atoms with E-state index in [2.05, 4.69) is 6.08 Å². The minimum Gasteiger partial charge on any atom is -0.327 e. The Morgan fingerprint density at radius 2 is 1.60 bits per heavy atom. The highest BCUT2D eigenvalue weighted by molar-refractivity contribution is 6.30. The Morgan fingerprint density at radius 1 is 1.13 bits per heavy atom. The summed E-state index contributed by atoms with van der Waals surface area (Å²) in [4.78, 5) is 0. The molecular formula is C13H20ClN. The summed E-state index contributed by atoms with van der Waals surface area (Å²) in [6, 6.07) is 0. The summed E-state index contributed by atoms with van der Waals surface area (Å²) in [6.07, 6.45) is 10.5. The molecule has 1 nitrogen and oxygen atoms in total. The standard InChI is InChI=1S/C13H20ClN/c14-12(1-2-15)13-6-9-3-10(7-13)5-11(4-9)8-13/h1,9-11H,2-8,15H2. The molecule has 0 atom stereocenters. The molecular weight excluding hydrogens is 206 g/mol. The summed E-state index contributed by atoms with van der Waals surface area (Å²) in [5.74, 6) is 2.91. The highest BCUT2D eigenvalue weighted by Gasteiger charge is 2.52. The number of hydrogen-bond acceptors (Lipinski definition) is 1. The maximum Gasteiger partial charge on any atom is 0.0215 e. The van der Waals surface area contributed by atoms with Gasteiger partial charge < -0.3 is 5.73 Å². The first-order valence-electron chi connectivity index (χ1n) is 6.28. The predicted molar refractivity (Wildman–Crippen MR) is 63.6 cm³/mol. The molecule has 4 fully saturated rings. The first-order valence-corrected chi connectivity index (χ1v) is 6.66. The Hall–Kier alpha value is -0.0100. The van der Waals surface area contributed by atoms with Gasteiger partial charge in [-0.2, -0.15) is 0 Å². The maximum atomic E-state index is 6.48. The van der Waals surface area contributed by atoms with E-state index in [1.807, 2.05) is 0 Å². The van der Waals surface area contributed by atoms with Crippen LogP contribution in [-0.2, 0) is 0 Å². The van der Waals surface area contributed by atoms with E-state index in [9.17, 15) is 0 Å². The van der Waals surface area contributed by atoms with E-state index in [1.165, 1.54) is 38.5 Å². The average Bonchev–Trinajstić information content (AvgIpc) is 2.15. The zero-order chi connectivity index (χ0) is 10.5. The Labute approximate surface area is 97.1 Å². The monoisotopic (exact) mass is 225 g/mol. The lowest BCUT2D eigenvalue weighted by Gasteiger charge is -2.56. The Bertz CT molecular complexity index is 260.